The Morgan fingerprint density at radius 3 is 3.00 bits per heavy atom. The zero-order valence-electron chi connectivity index (χ0n) is 5.31. The number of rotatable bonds is 3. The van der Waals surface area contributed by atoms with Gasteiger partial charge in [-0.15, -0.1) is 0 Å². The van der Waals surface area contributed by atoms with E-state index in [0.29, 0.717) is 23.4 Å². The number of alkyl halides is 2. The molecule has 0 bridgehead atoms. The molecule has 0 atom stereocenters. The van der Waals surface area contributed by atoms with Crippen LogP contribution in [-0.4, -0.2) is 30.4 Å². The number of halogens is 2. The van der Waals surface area contributed by atoms with Crippen molar-refractivity contribution in [3.63, 3.8) is 0 Å². The third-order valence-corrected chi connectivity index (χ3v) is 1.78. The summed E-state index contributed by atoms with van der Waals surface area (Å²) in [6, 6.07) is 0. The third-order valence-electron chi connectivity index (χ3n) is 1.09. The van der Waals surface area contributed by atoms with Gasteiger partial charge in [-0.2, -0.15) is 8.78 Å². The molecule has 10 heavy (non-hydrogen) atoms. The zero-order valence-corrected chi connectivity index (χ0v) is 6.13. The van der Waals surface area contributed by atoms with Gasteiger partial charge in [-0.05, 0) is 0 Å². The van der Waals surface area contributed by atoms with E-state index in [1.54, 1.807) is 0 Å². The molecule has 2 nitrogen and oxygen atoms in total. The summed E-state index contributed by atoms with van der Waals surface area (Å²) in [7, 11) is 0. The SMILES string of the molecule is FC(F)SCC1=NCCN1. The normalized spacial score (nSPS) is 17.3. The highest BCUT2D eigenvalue weighted by Gasteiger charge is 2.08. The predicted octanol–water partition coefficient (Wildman–Crippen LogP) is 0.944. The molecule has 0 aromatic carbocycles. The van der Waals surface area contributed by atoms with E-state index in [4.69, 9.17) is 0 Å². The minimum Gasteiger partial charge on any atom is -0.371 e. The molecule has 5 heteroatoms. The highest BCUT2D eigenvalue weighted by molar-refractivity contribution is 8.00. The zero-order chi connectivity index (χ0) is 7.40. The molecule has 0 aromatic heterocycles. The van der Waals surface area contributed by atoms with Crippen LogP contribution >= 0.6 is 11.8 Å². The van der Waals surface area contributed by atoms with Crippen LogP contribution in [0, 0.1) is 0 Å². The van der Waals surface area contributed by atoms with E-state index in [1.807, 2.05) is 0 Å². The van der Waals surface area contributed by atoms with Gasteiger partial charge in [0.25, 0.3) is 5.76 Å². The van der Waals surface area contributed by atoms with Gasteiger partial charge in [0.15, 0.2) is 0 Å². The molecule has 1 N–H and O–H groups in total. The van der Waals surface area contributed by atoms with Crippen LogP contribution < -0.4 is 5.32 Å². The Bertz CT molecular complexity index is 138. The topological polar surface area (TPSA) is 24.4 Å². The number of hydrogen-bond acceptors (Lipinski definition) is 3. The summed E-state index contributed by atoms with van der Waals surface area (Å²) in [5, 5.41) is 2.91. The van der Waals surface area contributed by atoms with Crippen LogP contribution in [0.2, 0.25) is 0 Å². The molecule has 58 valence electrons. The lowest BCUT2D eigenvalue weighted by Gasteiger charge is -1.99. The Morgan fingerprint density at radius 2 is 2.50 bits per heavy atom. The fourth-order valence-electron chi connectivity index (χ4n) is 0.686. The molecule has 0 saturated heterocycles. The molecular formula is C5H8F2N2S. The summed E-state index contributed by atoms with van der Waals surface area (Å²) in [5.74, 6) is -1.28. The number of hydrogen-bond donors (Lipinski definition) is 1. The van der Waals surface area contributed by atoms with Crippen molar-refractivity contribution in [2.24, 2.45) is 4.99 Å². The molecule has 0 fully saturated rings. The van der Waals surface area contributed by atoms with Gasteiger partial charge in [-0.25, -0.2) is 0 Å². The fourth-order valence-corrected chi connectivity index (χ4v) is 1.16. The Balaban J connectivity index is 2.13. The first-order valence-corrected chi connectivity index (χ1v) is 4.01. The van der Waals surface area contributed by atoms with Crippen LogP contribution in [-0.2, 0) is 0 Å². The lowest BCUT2D eigenvalue weighted by atomic mass is 10.7. The van der Waals surface area contributed by atoms with Gasteiger partial charge in [0, 0.05) is 6.54 Å². The molecular weight excluding hydrogens is 158 g/mol. The minimum atomic E-state index is -2.29. The summed E-state index contributed by atoms with van der Waals surface area (Å²) in [6.45, 7) is 1.51. The highest BCUT2D eigenvalue weighted by Crippen LogP contribution is 2.13. The summed E-state index contributed by atoms with van der Waals surface area (Å²) < 4.78 is 23.1. The lowest BCUT2D eigenvalue weighted by molar-refractivity contribution is 0.252. The van der Waals surface area contributed by atoms with Gasteiger partial charge < -0.3 is 5.32 Å². The minimum absolute atomic E-state index is 0.303. The van der Waals surface area contributed by atoms with Crippen molar-refractivity contribution in [3.05, 3.63) is 0 Å². The molecule has 0 aliphatic carbocycles. The average molecular weight is 166 g/mol. The Labute approximate surface area is 62.1 Å². The largest absolute Gasteiger partial charge is 0.371 e. The lowest BCUT2D eigenvalue weighted by Crippen LogP contribution is -2.20. The van der Waals surface area contributed by atoms with Crippen molar-refractivity contribution in [2.45, 2.75) is 5.76 Å². The Morgan fingerprint density at radius 1 is 1.70 bits per heavy atom. The summed E-state index contributed by atoms with van der Waals surface area (Å²) in [5.41, 5.74) is 0. The molecule has 0 unspecified atom stereocenters. The van der Waals surface area contributed by atoms with E-state index in [2.05, 4.69) is 10.3 Å². The van der Waals surface area contributed by atoms with E-state index in [-0.39, 0.29) is 0 Å². The van der Waals surface area contributed by atoms with E-state index in [1.165, 1.54) is 0 Å². The van der Waals surface area contributed by atoms with E-state index in [0.717, 1.165) is 13.1 Å². The van der Waals surface area contributed by atoms with Crippen molar-refractivity contribution < 1.29 is 8.78 Å². The predicted molar refractivity (Wildman–Crippen MR) is 38.8 cm³/mol. The molecule has 1 aliphatic rings. The number of nitrogens with zero attached hydrogens (tertiary/aromatic N) is 1. The molecule has 0 aromatic rings. The number of amidine groups is 1. The first-order valence-electron chi connectivity index (χ1n) is 2.96. The Kier molecular flexibility index (Phi) is 2.92. The number of thioether (sulfide) groups is 1. The second kappa shape index (κ2) is 3.75. The van der Waals surface area contributed by atoms with Gasteiger partial charge in [-0.1, -0.05) is 11.8 Å². The maximum atomic E-state index is 11.6. The van der Waals surface area contributed by atoms with Crippen molar-refractivity contribution in [1.82, 2.24) is 5.32 Å². The van der Waals surface area contributed by atoms with Gasteiger partial charge in [-0.3, -0.25) is 4.99 Å². The molecule has 0 saturated carbocycles. The van der Waals surface area contributed by atoms with Gasteiger partial charge >= 0.3 is 0 Å². The number of nitrogens with one attached hydrogen (secondary N) is 1. The van der Waals surface area contributed by atoms with Crippen LogP contribution in [0.4, 0.5) is 8.78 Å². The second-order valence-electron chi connectivity index (χ2n) is 1.83. The standard InChI is InChI=1S/C5H8F2N2S/c6-5(7)10-3-4-8-1-2-9-4/h5H,1-3H2,(H,8,9). The number of aliphatic imine (C=N–C) groups is 1. The first-order chi connectivity index (χ1) is 4.79. The van der Waals surface area contributed by atoms with Gasteiger partial charge in [0.05, 0.1) is 12.3 Å². The van der Waals surface area contributed by atoms with Crippen molar-refractivity contribution >= 4 is 17.6 Å². The molecule has 0 radical (unpaired) electrons. The van der Waals surface area contributed by atoms with E-state index >= 15 is 0 Å². The smallest absolute Gasteiger partial charge is 0.284 e. The maximum absolute atomic E-state index is 11.6. The summed E-state index contributed by atoms with van der Waals surface area (Å²) in [6.07, 6.45) is 0. The monoisotopic (exact) mass is 166 g/mol. The van der Waals surface area contributed by atoms with Gasteiger partial charge in [0.1, 0.15) is 5.84 Å². The molecule has 1 heterocycles. The average Bonchev–Trinajstić information content (AvgIpc) is 2.34. The van der Waals surface area contributed by atoms with E-state index < -0.39 is 5.76 Å². The summed E-state index contributed by atoms with van der Waals surface area (Å²) in [4.78, 5) is 3.96. The van der Waals surface area contributed by atoms with Crippen LogP contribution in [0.1, 0.15) is 0 Å². The summed E-state index contributed by atoms with van der Waals surface area (Å²) >= 11 is 0.602. The Hall–Kier alpha value is -0.320. The second-order valence-corrected chi connectivity index (χ2v) is 2.81. The highest BCUT2D eigenvalue weighted by atomic mass is 32.2. The molecule has 0 amide bonds. The van der Waals surface area contributed by atoms with Crippen LogP contribution in [0.3, 0.4) is 0 Å². The quantitative estimate of drug-likeness (QED) is 0.675. The van der Waals surface area contributed by atoms with Crippen molar-refractivity contribution in [2.75, 3.05) is 18.8 Å². The molecule has 0 spiro atoms. The van der Waals surface area contributed by atoms with Crippen LogP contribution in [0.5, 0.6) is 0 Å². The maximum Gasteiger partial charge on any atom is 0.284 e. The van der Waals surface area contributed by atoms with Gasteiger partial charge in [0.2, 0.25) is 0 Å². The third kappa shape index (κ3) is 2.51. The fraction of sp³-hybridized carbons (Fsp3) is 0.800. The van der Waals surface area contributed by atoms with Crippen LogP contribution in [0.25, 0.3) is 0 Å². The van der Waals surface area contributed by atoms with E-state index in [9.17, 15) is 8.78 Å². The molecule has 1 rings (SSSR count). The van der Waals surface area contributed by atoms with Crippen molar-refractivity contribution in [3.8, 4) is 0 Å². The first kappa shape index (κ1) is 7.78. The molecule has 1 aliphatic heterocycles. The van der Waals surface area contributed by atoms with Crippen LogP contribution in [0.15, 0.2) is 4.99 Å². The van der Waals surface area contributed by atoms with Crippen molar-refractivity contribution in [1.29, 1.82) is 0 Å².